The quantitative estimate of drug-likeness (QED) is 0.721. The molecule has 1 aromatic rings. The largest absolute Gasteiger partial charge is 0.394 e. The predicted octanol–water partition coefficient (Wildman–Crippen LogP) is 3.05. The highest BCUT2D eigenvalue weighted by Gasteiger charge is 1.85. The van der Waals surface area contributed by atoms with E-state index in [2.05, 4.69) is 29.4 Å². The monoisotopic (exact) mass is 191 g/mol. The van der Waals surface area contributed by atoms with Crippen molar-refractivity contribution in [3.05, 3.63) is 52.9 Å². The Bertz CT molecular complexity index is 307. The normalized spacial score (nSPS) is 11.2. The van der Waals surface area contributed by atoms with Crippen LogP contribution in [0.15, 0.2) is 48.0 Å². The molecule has 1 N–H and O–H groups in total. The lowest BCUT2D eigenvalue weighted by atomic mass is 10.2. The van der Waals surface area contributed by atoms with Crippen LogP contribution in [-0.2, 0) is 0 Å². The summed E-state index contributed by atoms with van der Waals surface area (Å²) in [5.74, 6) is 0. The van der Waals surface area contributed by atoms with E-state index in [4.69, 9.17) is 0 Å². The minimum atomic E-state index is 0.989. The summed E-state index contributed by atoms with van der Waals surface area (Å²) in [5, 5.41) is 4.98. The molecule has 13 heavy (non-hydrogen) atoms. The third-order valence-corrected chi connectivity index (χ3v) is 2.31. The van der Waals surface area contributed by atoms with Crippen molar-refractivity contribution in [1.29, 1.82) is 0 Å². The Labute approximate surface area is 83.1 Å². The summed E-state index contributed by atoms with van der Waals surface area (Å²) in [6.45, 7) is 3.88. The zero-order chi connectivity index (χ0) is 9.52. The lowest BCUT2D eigenvalue weighted by Gasteiger charge is -1.89. The maximum atomic E-state index is 3.88. The fraction of sp³-hybridized carbons (Fsp3) is 0.0909. The first-order chi connectivity index (χ1) is 6.33. The lowest BCUT2D eigenvalue weighted by Crippen LogP contribution is -1.90. The van der Waals surface area contributed by atoms with Gasteiger partial charge in [0.25, 0.3) is 0 Å². The van der Waals surface area contributed by atoms with Crippen LogP contribution in [0.25, 0.3) is 6.08 Å². The van der Waals surface area contributed by atoms with Gasteiger partial charge < -0.3 is 5.32 Å². The Hall–Kier alpha value is -1.28. The molecule has 0 saturated carbocycles. The Balaban J connectivity index is 2.49. The minimum Gasteiger partial charge on any atom is -0.394 e. The summed E-state index contributed by atoms with van der Waals surface area (Å²) in [6, 6.07) is 4.12. The van der Waals surface area contributed by atoms with Gasteiger partial charge in [0.15, 0.2) is 0 Å². The van der Waals surface area contributed by atoms with Crippen LogP contribution in [0, 0.1) is 0 Å². The molecule has 0 spiro atoms. The number of hydrogen-bond donors (Lipinski definition) is 1. The van der Waals surface area contributed by atoms with Gasteiger partial charge in [-0.1, -0.05) is 18.7 Å². The molecule has 0 bridgehead atoms. The van der Waals surface area contributed by atoms with Gasteiger partial charge in [-0.3, -0.25) is 0 Å². The van der Waals surface area contributed by atoms with E-state index in [1.54, 1.807) is 11.3 Å². The molecule has 0 saturated heterocycles. The minimum absolute atomic E-state index is 0.989. The highest BCUT2D eigenvalue weighted by Crippen LogP contribution is 2.11. The van der Waals surface area contributed by atoms with E-state index >= 15 is 0 Å². The van der Waals surface area contributed by atoms with E-state index in [9.17, 15) is 0 Å². The Morgan fingerprint density at radius 1 is 1.54 bits per heavy atom. The van der Waals surface area contributed by atoms with E-state index in [1.165, 1.54) is 4.88 Å². The van der Waals surface area contributed by atoms with Crippen LogP contribution in [0.1, 0.15) is 4.88 Å². The van der Waals surface area contributed by atoms with Crippen molar-refractivity contribution in [1.82, 2.24) is 5.32 Å². The van der Waals surface area contributed by atoms with Crippen molar-refractivity contribution in [2.75, 3.05) is 7.05 Å². The van der Waals surface area contributed by atoms with E-state index in [0.717, 1.165) is 5.57 Å². The summed E-state index contributed by atoms with van der Waals surface area (Å²) in [5.41, 5.74) is 0.989. The number of allylic oxidation sites excluding steroid dienone is 3. The van der Waals surface area contributed by atoms with Crippen LogP contribution in [0.5, 0.6) is 0 Å². The van der Waals surface area contributed by atoms with Crippen molar-refractivity contribution in [2.24, 2.45) is 0 Å². The summed E-state index contributed by atoms with van der Waals surface area (Å²) in [7, 11) is 1.87. The molecule has 0 amide bonds. The highest BCUT2D eigenvalue weighted by molar-refractivity contribution is 7.10. The van der Waals surface area contributed by atoms with Crippen LogP contribution in [0.2, 0.25) is 0 Å². The van der Waals surface area contributed by atoms with Gasteiger partial charge in [0.05, 0.1) is 0 Å². The molecule has 1 aromatic heterocycles. The maximum Gasteiger partial charge on any atom is 0.0270 e. The fourth-order valence-corrected chi connectivity index (χ4v) is 1.44. The van der Waals surface area contributed by atoms with Gasteiger partial charge in [-0.15, -0.1) is 11.3 Å². The van der Waals surface area contributed by atoms with Crippen LogP contribution < -0.4 is 5.32 Å². The van der Waals surface area contributed by atoms with Crippen LogP contribution in [-0.4, -0.2) is 7.05 Å². The Kier molecular flexibility index (Phi) is 4.06. The molecule has 68 valence electrons. The average molecular weight is 191 g/mol. The van der Waals surface area contributed by atoms with Crippen molar-refractivity contribution in [3.63, 3.8) is 0 Å². The van der Waals surface area contributed by atoms with Gasteiger partial charge in [-0.2, -0.15) is 0 Å². The van der Waals surface area contributed by atoms with Gasteiger partial charge in [0.2, 0.25) is 0 Å². The third kappa shape index (κ3) is 3.76. The summed E-state index contributed by atoms with van der Waals surface area (Å²) < 4.78 is 0. The molecule has 0 atom stereocenters. The number of rotatable bonds is 4. The molecule has 2 heteroatoms. The first-order valence-corrected chi connectivity index (χ1v) is 4.95. The molecule has 1 rings (SSSR count). The number of hydrogen-bond acceptors (Lipinski definition) is 2. The molecule has 1 heterocycles. The molecule has 0 unspecified atom stereocenters. The standard InChI is InChI=1S/C11H13NS/c1-10(7-8-12-2)5-6-11-4-3-9-13-11/h3-9,12H,1H2,2H3/b6-5+,8-7-. The molecule has 0 aliphatic rings. The molecule has 0 aromatic carbocycles. The Morgan fingerprint density at radius 3 is 3.00 bits per heavy atom. The van der Waals surface area contributed by atoms with Crippen LogP contribution in [0.4, 0.5) is 0 Å². The molecule has 0 radical (unpaired) electrons. The van der Waals surface area contributed by atoms with Crippen LogP contribution >= 0.6 is 11.3 Å². The number of thiophene rings is 1. The predicted molar refractivity (Wildman–Crippen MR) is 60.7 cm³/mol. The van der Waals surface area contributed by atoms with Gasteiger partial charge in [-0.05, 0) is 35.4 Å². The van der Waals surface area contributed by atoms with Gasteiger partial charge in [0.1, 0.15) is 0 Å². The topological polar surface area (TPSA) is 12.0 Å². The summed E-state index contributed by atoms with van der Waals surface area (Å²) >= 11 is 1.72. The summed E-state index contributed by atoms with van der Waals surface area (Å²) in [6.07, 6.45) is 7.86. The third-order valence-electron chi connectivity index (χ3n) is 1.47. The fourth-order valence-electron chi connectivity index (χ4n) is 0.821. The van der Waals surface area contributed by atoms with E-state index < -0.39 is 0 Å². The molecule has 0 fully saturated rings. The smallest absolute Gasteiger partial charge is 0.0270 e. The SMILES string of the molecule is C=C(/C=C\NC)/C=C/c1cccs1. The van der Waals surface area contributed by atoms with Crippen molar-refractivity contribution in [2.45, 2.75) is 0 Å². The van der Waals surface area contributed by atoms with Crippen molar-refractivity contribution < 1.29 is 0 Å². The second kappa shape index (κ2) is 5.38. The molecule has 1 nitrogen and oxygen atoms in total. The zero-order valence-electron chi connectivity index (χ0n) is 7.66. The van der Waals surface area contributed by atoms with Crippen molar-refractivity contribution >= 4 is 17.4 Å². The van der Waals surface area contributed by atoms with E-state index in [0.29, 0.717) is 0 Å². The second-order valence-electron chi connectivity index (χ2n) is 2.55. The highest BCUT2D eigenvalue weighted by atomic mass is 32.1. The van der Waals surface area contributed by atoms with E-state index in [-0.39, 0.29) is 0 Å². The maximum absolute atomic E-state index is 3.88. The average Bonchev–Trinajstić information content (AvgIpc) is 2.64. The molecule has 0 aliphatic carbocycles. The van der Waals surface area contributed by atoms with E-state index in [1.807, 2.05) is 31.5 Å². The lowest BCUT2D eigenvalue weighted by molar-refractivity contribution is 1.10. The molecule has 0 aliphatic heterocycles. The molecular formula is C11H13NS. The van der Waals surface area contributed by atoms with Gasteiger partial charge >= 0.3 is 0 Å². The second-order valence-corrected chi connectivity index (χ2v) is 3.52. The van der Waals surface area contributed by atoms with Gasteiger partial charge in [-0.25, -0.2) is 0 Å². The molecular weight excluding hydrogens is 178 g/mol. The zero-order valence-corrected chi connectivity index (χ0v) is 8.47. The van der Waals surface area contributed by atoms with Gasteiger partial charge in [0, 0.05) is 11.9 Å². The first kappa shape index (κ1) is 9.81. The number of nitrogens with one attached hydrogen (secondary N) is 1. The first-order valence-electron chi connectivity index (χ1n) is 4.07. The summed E-state index contributed by atoms with van der Waals surface area (Å²) in [4.78, 5) is 1.25. The Morgan fingerprint density at radius 2 is 2.38 bits per heavy atom. The van der Waals surface area contributed by atoms with Crippen LogP contribution in [0.3, 0.4) is 0 Å². The van der Waals surface area contributed by atoms with Crippen molar-refractivity contribution in [3.8, 4) is 0 Å².